The summed E-state index contributed by atoms with van der Waals surface area (Å²) in [7, 11) is 0. The Bertz CT molecular complexity index is 674. The van der Waals surface area contributed by atoms with Crippen LogP contribution in [0.1, 0.15) is 0 Å². The molecule has 2 heterocycles. The molecule has 1 aromatic carbocycles. The van der Waals surface area contributed by atoms with Crippen molar-refractivity contribution in [3.63, 3.8) is 0 Å². The number of hydrogen-bond donors (Lipinski definition) is 2. The number of nitrogens with two attached hydrogens (primary N) is 1. The van der Waals surface area contributed by atoms with Crippen LogP contribution in [-0.2, 0) is 0 Å². The molecule has 0 fully saturated rings. The second kappa shape index (κ2) is 3.79. The van der Waals surface area contributed by atoms with Crippen molar-refractivity contribution in [2.45, 2.75) is 0 Å². The summed E-state index contributed by atoms with van der Waals surface area (Å²) in [5.41, 5.74) is 9.76. The van der Waals surface area contributed by atoms with Gasteiger partial charge in [-0.25, -0.2) is 0 Å². The lowest BCUT2D eigenvalue weighted by Gasteiger charge is -1.98. The highest BCUT2D eigenvalue weighted by atomic mass is 35.5. The third kappa shape index (κ3) is 1.65. The van der Waals surface area contributed by atoms with Crippen molar-refractivity contribution in [3.8, 4) is 11.3 Å². The average Bonchev–Trinajstić information content (AvgIpc) is 2.68. The van der Waals surface area contributed by atoms with Crippen LogP contribution in [0.25, 0.3) is 22.2 Å². The Hall–Kier alpha value is -2.00. The maximum absolute atomic E-state index is 6.13. The summed E-state index contributed by atoms with van der Waals surface area (Å²) < 4.78 is 0. The number of nitrogens with zero attached hydrogens (tertiary/aromatic N) is 1. The quantitative estimate of drug-likeness (QED) is 0.688. The van der Waals surface area contributed by atoms with Gasteiger partial charge in [-0.3, -0.25) is 4.98 Å². The summed E-state index contributed by atoms with van der Waals surface area (Å²) in [6.07, 6.45) is 3.49. The number of benzene rings is 1. The van der Waals surface area contributed by atoms with E-state index in [2.05, 4.69) is 9.97 Å². The fourth-order valence-corrected chi connectivity index (χ4v) is 2.10. The molecule has 0 unspecified atom stereocenters. The maximum Gasteiger partial charge on any atom is 0.0699 e. The summed E-state index contributed by atoms with van der Waals surface area (Å²) in [6.45, 7) is 0. The third-order valence-corrected chi connectivity index (χ3v) is 3.00. The minimum atomic E-state index is 0.685. The molecule has 3 rings (SSSR count). The van der Waals surface area contributed by atoms with Gasteiger partial charge in [-0.2, -0.15) is 0 Å². The third-order valence-electron chi connectivity index (χ3n) is 2.77. The molecular formula is C13H10ClN3. The lowest BCUT2D eigenvalue weighted by atomic mass is 10.1. The highest BCUT2D eigenvalue weighted by Crippen LogP contribution is 2.33. The van der Waals surface area contributed by atoms with E-state index in [9.17, 15) is 0 Å². The van der Waals surface area contributed by atoms with Gasteiger partial charge in [-0.15, -0.1) is 0 Å². The summed E-state index contributed by atoms with van der Waals surface area (Å²) in [6, 6.07) is 9.48. The van der Waals surface area contributed by atoms with E-state index in [0.717, 1.165) is 22.2 Å². The maximum atomic E-state index is 6.13. The molecule has 84 valence electrons. The highest BCUT2D eigenvalue weighted by molar-refractivity contribution is 6.31. The number of nitrogens with one attached hydrogen (secondary N) is 1. The zero-order chi connectivity index (χ0) is 11.8. The molecule has 0 amide bonds. The predicted octanol–water partition coefficient (Wildman–Crippen LogP) is 3.47. The molecule has 3 aromatic rings. The van der Waals surface area contributed by atoms with Gasteiger partial charge >= 0.3 is 0 Å². The van der Waals surface area contributed by atoms with E-state index in [4.69, 9.17) is 17.3 Å². The lowest BCUT2D eigenvalue weighted by molar-refractivity contribution is 1.32. The highest BCUT2D eigenvalue weighted by Gasteiger charge is 2.10. The first kappa shape index (κ1) is 10.2. The Kier molecular flexibility index (Phi) is 2.27. The molecule has 0 bridgehead atoms. The number of pyridine rings is 1. The first-order valence-electron chi connectivity index (χ1n) is 5.23. The number of aromatic nitrogens is 2. The van der Waals surface area contributed by atoms with E-state index in [1.165, 1.54) is 0 Å². The summed E-state index contributed by atoms with van der Waals surface area (Å²) in [5, 5.41) is 1.63. The van der Waals surface area contributed by atoms with Gasteiger partial charge in [-0.1, -0.05) is 11.6 Å². The van der Waals surface area contributed by atoms with Gasteiger partial charge in [0.15, 0.2) is 0 Å². The number of rotatable bonds is 1. The van der Waals surface area contributed by atoms with E-state index in [1.807, 2.05) is 30.3 Å². The first-order chi connectivity index (χ1) is 8.25. The Morgan fingerprint density at radius 3 is 2.65 bits per heavy atom. The standard InChI is InChI=1S/C13H10ClN3/c14-9-1-2-11-10(7-9)12(15)13(17-11)8-3-5-16-6-4-8/h1-7,17H,15H2. The second-order valence-corrected chi connectivity index (χ2v) is 4.28. The van der Waals surface area contributed by atoms with Gasteiger partial charge < -0.3 is 10.7 Å². The van der Waals surface area contributed by atoms with E-state index in [-0.39, 0.29) is 0 Å². The topological polar surface area (TPSA) is 54.7 Å². The molecule has 0 radical (unpaired) electrons. The summed E-state index contributed by atoms with van der Waals surface area (Å²) >= 11 is 5.97. The fraction of sp³-hybridized carbons (Fsp3) is 0. The van der Waals surface area contributed by atoms with Crippen LogP contribution in [0.3, 0.4) is 0 Å². The minimum Gasteiger partial charge on any atom is -0.396 e. The number of anilines is 1. The van der Waals surface area contributed by atoms with Gasteiger partial charge in [0.2, 0.25) is 0 Å². The van der Waals surface area contributed by atoms with Crippen LogP contribution in [0.5, 0.6) is 0 Å². The van der Waals surface area contributed by atoms with Crippen molar-refractivity contribution in [2.24, 2.45) is 0 Å². The molecule has 3 nitrogen and oxygen atoms in total. The second-order valence-electron chi connectivity index (χ2n) is 3.84. The van der Waals surface area contributed by atoms with Crippen LogP contribution in [0, 0.1) is 0 Å². The van der Waals surface area contributed by atoms with Gasteiger partial charge in [0.05, 0.1) is 11.4 Å². The largest absolute Gasteiger partial charge is 0.396 e. The SMILES string of the molecule is Nc1c(-c2ccncc2)[nH]c2ccc(Cl)cc12. The molecule has 0 saturated carbocycles. The molecule has 2 aromatic heterocycles. The monoisotopic (exact) mass is 243 g/mol. The van der Waals surface area contributed by atoms with Crippen molar-refractivity contribution in [1.29, 1.82) is 0 Å². The van der Waals surface area contributed by atoms with Crippen molar-refractivity contribution in [2.75, 3.05) is 5.73 Å². The Morgan fingerprint density at radius 1 is 1.12 bits per heavy atom. The van der Waals surface area contributed by atoms with Crippen LogP contribution in [0.15, 0.2) is 42.7 Å². The molecule has 3 N–H and O–H groups in total. The fourth-order valence-electron chi connectivity index (χ4n) is 1.93. The normalized spacial score (nSPS) is 10.9. The van der Waals surface area contributed by atoms with Crippen LogP contribution >= 0.6 is 11.6 Å². The number of aromatic amines is 1. The number of nitrogen functional groups attached to an aromatic ring is 1. The molecule has 0 aliphatic carbocycles. The van der Waals surface area contributed by atoms with Gasteiger partial charge in [0.1, 0.15) is 0 Å². The van der Waals surface area contributed by atoms with Crippen LogP contribution < -0.4 is 5.73 Å². The first-order valence-corrected chi connectivity index (χ1v) is 5.60. The molecule has 0 aliphatic rings. The molecule has 0 saturated heterocycles. The zero-order valence-corrected chi connectivity index (χ0v) is 9.70. The molecule has 4 heteroatoms. The Morgan fingerprint density at radius 2 is 1.88 bits per heavy atom. The summed E-state index contributed by atoms with van der Waals surface area (Å²) in [5.74, 6) is 0. The Balaban J connectivity index is 2.28. The number of fused-ring (bicyclic) bond motifs is 1. The van der Waals surface area contributed by atoms with Crippen molar-refractivity contribution >= 4 is 28.2 Å². The molecular weight excluding hydrogens is 234 g/mol. The van der Waals surface area contributed by atoms with Crippen molar-refractivity contribution in [1.82, 2.24) is 9.97 Å². The average molecular weight is 244 g/mol. The molecule has 0 spiro atoms. The smallest absolute Gasteiger partial charge is 0.0699 e. The zero-order valence-electron chi connectivity index (χ0n) is 8.94. The number of H-pyrrole nitrogens is 1. The van der Waals surface area contributed by atoms with Crippen LogP contribution in [0.4, 0.5) is 5.69 Å². The lowest BCUT2D eigenvalue weighted by Crippen LogP contribution is -1.87. The summed E-state index contributed by atoms with van der Waals surface area (Å²) in [4.78, 5) is 7.29. The number of halogens is 1. The van der Waals surface area contributed by atoms with Gasteiger partial charge in [0, 0.05) is 33.9 Å². The predicted molar refractivity (Wildman–Crippen MR) is 71.0 cm³/mol. The molecule has 17 heavy (non-hydrogen) atoms. The number of hydrogen-bond acceptors (Lipinski definition) is 2. The van der Waals surface area contributed by atoms with E-state index < -0.39 is 0 Å². The Labute approximate surface area is 103 Å². The van der Waals surface area contributed by atoms with Crippen molar-refractivity contribution in [3.05, 3.63) is 47.7 Å². The van der Waals surface area contributed by atoms with E-state index in [0.29, 0.717) is 10.7 Å². The van der Waals surface area contributed by atoms with Gasteiger partial charge in [0.25, 0.3) is 0 Å². The molecule has 0 aliphatic heterocycles. The van der Waals surface area contributed by atoms with Crippen molar-refractivity contribution < 1.29 is 0 Å². The van der Waals surface area contributed by atoms with E-state index >= 15 is 0 Å². The molecule has 0 atom stereocenters. The van der Waals surface area contributed by atoms with Crippen LogP contribution in [0.2, 0.25) is 5.02 Å². The van der Waals surface area contributed by atoms with E-state index in [1.54, 1.807) is 12.4 Å². The van der Waals surface area contributed by atoms with Gasteiger partial charge in [-0.05, 0) is 30.3 Å². The minimum absolute atomic E-state index is 0.685. The van der Waals surface area contributed by atoms with Crippen LogP contribution in [-0.4, -0.2) is 9.97 Å².